The van der Waals surface area contributed by atoms with Crippen LogP contribution in [0.1, 0.15) is 155 Å². The van der Waals surface area contributed by atoms with Crippen molar-refractivity contribution in [1.29, 1.82) is 0 Å². The molecule has 18 heteroatoms. The summed E-state index contributed by atoms with van der Waals surface area (Å²) < 4.78 is 20.0. The Hall–Kier alpha value is -4.00. The third kappa shape index (κ3) is 34.8. The predicted molar refractivity (Wildman–Crippen MR) is 219 cm³/mol. The third-order valence-corrected chi connectivity index (χ3v) is 9.22. The fraction of sp³-hybridized carbons (Fsp3) is 0.810. The average molecular weight is 860 g/mol. The fourth-order valence-electron chi connectivity index (χ4n) is 5.79. The van der Waals surface area contributed by atoms with Crippen molar-refractivity contribution in [3.8, 4) is 0 Å². The van der Waals surface area contributed by atoms with Gasteiger partial charge >= 0.3 is 17.9 Å². The highest BCUT2D eigenvalue weighted by Gasteiger charge is 2.32. The number of imide groups is 1. The number of unbranched alkanes of at least 4 members (excludes halogenated alkanes) is 14. The van der Waals surface area contributed by atoms with Crippen molar-refractivity contribution in [1.82, 2.24) is 15.7 Å². The summed E-state index contributed by atoms with van der Waals surface area (Å²) >= 11 is 0. The summed E-state index contributed by atoms with van der Waals surface area (Å²) in [5.74, 6) is -4.13. The number of aliphatic carboxylic acids is 2. The largest absolute Gasteiger partial charge is 0.481 e. The molecule has 1 rings (SSSR count). The normalized spacial score (nSPS) is 12.7. The lowest BCUT2D eigenvalue weighted by atomic mass is 10.0. The van der Waals surface area contributed by atoms with E-state index in [0.717, 1.165) is 51.4 Å². The topological polar surface area (TPSA) is 250 Å². The zero-order chi connectivity index (χ0) is 44.6. The molecule has 0 aromatic carbocycles. The van der Waals surface area contributed by atoms with Crippen LogP contribution in [0.15, 0.2) is 0 Å². The zero-order valence-electron chi connectivity index (χ0n) is 36.1. The van der Waals surface area contributed by atoms with Crippen molar-refractivity contribution in [2.24, 2.45) is 0 Å². The number of rotatable bonds is 39. The van der Waals surface area contributed by atoms with Crippen LogP contribution in [-0.4, -0.2) is 129 Å². The number of Topliss-reactive ketones (excluding diaryl/α,β-unsaturated/α-hetero) is 1. The Balaban J connectivity index is 0.00000120. The van der Waals surface area contributed by atoms with E-state index in [1.54, 1.807) is 7.11 Å². The maximum absolute atomic E-state index is 12.1. The van der Waals surface area contributed by atoms with Crippen molar-refractivity contribution in [2.45, 2.75) is 161 Å². The molecule has 0 aromatic heterocycles. The molecule has 1 saturated heterocycles. The summed E-state index contributed by atoms with van der Waals surface area (Å²) in [5.41, 5.74) is 0. The summed E-state index contributed by atoms with van der Waals surface area (Å²) in [4.78, 5) is 95.5. The zero-order valence-corrected chi connectivity index (χ0v) is 36.1. The Kier molecular flexibility index (Phi) is 36.5. The fourth-order valence-corrected chi connectivity index (χ4v) is 5.79. The molecule has 18 nitrogen and oxygen atoms in total. The van der Waals surface area contributed by atoms with Crippen molar-refractivity contribution >= 4 is 47.3 Å². The van der Waals surface area contributed by atoms with Gasteiger partial charge in [-0.25, -0.2) is 9.59 Å². The molecule has 0 spiro atoms. The summed E-state index contributed by atoms with van der Waals surface area (Å²) in [6, 6.07) is -0.977. The number of methoxy groups -OCH3 is 1. The Morgan fingerprint density at radius 2 is 1.13 bits per heavy atom. The first-order valence-corrected chi connectivity index (χ1v) is 21.7. The second kappa shape index (κ2) is 39.2. The number of hydrogen-bond acceptors (Lipinski definition) is 13. The van der Waals surface area contributed by atoms with Crippen LogP contribution in [0.4, 0.5) is 0 Å². The molecular formula is C42H73N3O15. The molecule has 0 aliphatic carbocycles. The molecule has 60 heavy (non-hydrogen) atoms. The van der Waals surface area contributed by atoms with Crippen molar-refractivity contribution in [3.63, 3.8) is 0 Å². The molecule has 0 saturated carbocycles. The number of carboxylic acid groups (broad SMARTS) is 2. The van der Waals surface area contributed by atoms with E-state index in [-0.39, 0.29) is 69.7 Å². The standard InChI is InChI=1S/C27H49NO6.C15H24N2O9/c1-2-3-18-23(29)21-22-24(27(33)34)28-25(30)19-16-14-12-10-8-6-4-5-7-9-11-13-15-17-20-26(31)32;1-22-6-7-24-10-12(18)16-4-5-23-8-9-25-11-15(21)26-17-13(19)2-3-14(17)20/h24H,2-22H2,1H3,(H,28,30)(H,31,32)(H,33,34);2-11H2,1H3,(H,16,18)/t24-;/m0./s1. The van der Waals surface area contributed by atoms with Crippen LogP contribution in [0.25, 0.3) is 0 Å². The van der Waals surface area contributed by atoms with Crippen LogP contribution in [0.3, 0.4) is 0 Å². The minimum absolute atomic E-state index is 0.0383. The average Bonchev–Trinajstić information content (AvgIpc) is 3.53. The highest BCUT2D eigenvalue weighted by atomic mass is 16.7. The quantitative estimate of drug-likeness (QED) is 0.0477. The van der Waals surface area contributed by atoms with Gasteiger partial charge in [-0.3, -0.25) is 28.8 Å². The first-order chi connectivity index (χ1) is 28.9. The number of amides is 4. The molecule has 1 atom stereocenters. The number of hydrogen-bond donors (Lipinski definition) is 4. The molecule has 4 amide bonds. The molecule has 0 aromatic rings. The smallest absolute Gasteiger partial charge is 0.358 e. The van der Waals surface area contributed by atoms with E-state index in [0.29, 0.717) is 44.1 Å². The van der Waals surface area contributed by atoms with E-state index >= 15 is 0 Å². The van der Waals surface area contributed by atoms with E-state index in [4.69, 9.17) is 24.1 Å². The molecular weight excluding hydrogens is 786 g/mol. The number of nitrogens with zero attached hydrogens (tertiary/aromatic N) is 1. The lowest BCUT2D eigenvalue weighted by Crippen LogP contribution is -2.41. The third-order valence-electron chi connectivity index (χ3n) is 9.22. The summed E-state index contributed by atoms with van der Waals surface area (Å²) in [7, 11) is 1.54. The molecule has 1 fully saturated rings. The predicted octanol–water partition coefficient (Wildman–Crippen LogP) is 4.83. The molecule has 0 bridgehead atoms. The Bertz CT molecular complexity index is 1220. The van der Waals surface area contributed by atoms with Crippen molar-refractivity contribution < 1.29 is 72.4 Å². The number of hydroxylamine groups is 2. The second-order valence-electron chi connectivity index (χ2n) is 14.6. The van der Waals surface area contributed by atoms with Gasteiger partial charge in [0.2, 0.25) is 11.8 Å². The van der Waals surface area contributed by atoms with E-state index in [9.17, 15) is 43.5 Å². The molecule has 0 unspecified atom stereocenters. The maximum atomic E-state index is 12.1. The molecule has 0 radical (unpaired) electrons. The van der Waals surface area contributed by atoms with Gasteiger partial charge in [0.1, 0.15) is 25.0 Å². The van der Waals surface area contributed by atoms with Crippen LogP contribution in [0.5, 0.6) is 0 Å². The highest BCUT2D eigenvalue weighted by Crippen LogP contribution is 2.15. The monoisotopic (exact) mass is 860 g/mol. The van der Waals surface area contributed by atoms with E-state index in [1.165, 1.54) is 51.4 Å². The van der Waals surface area contributed by atoms with Gasteiger partial charge in [-0.05, 0) is 25.7 Å². The number of ether oxygens (including phenoxy) is 4. The van der Waals surface area contributed by atoms with Crippen molar-refractivity contribution in [3.05, 3.63) is 0 Å². The maximum Gasteiger partial charge on any atom is 0.358 e. The SMILES string of the molecule is CCCCC(=O)CC[C@H](NC(=O)CCCCCCCCCCCCCCCCC(=O)O)C(=O)O.COCCOCC(=O)NCCOCCOCC(=O)ON1C(=O)CCC1=O. The van der Waals surface area contributed by atoms with Crippen LogP contribution >= 0.6 is 0 Å². The second-order valence-corrected chi connectivity index (χ2v) is 14.6. The van der Waals surface area contributed by atoms with E-state index in [2.05, 4.69) is 15.5 Å². The van der Waals surface area contributed by atoms with Gasteiger partial charge in [0, 0.05) is 52.2 Å². The van der Waals surface area contributed by atoms with E-state index < -0.39 is 42.4 Å². The van der Waals surface area contributed by atoms with E-state index in [1.807, 2.05) is 6.92 Å². The summed E-state index contributed by atoms with van der Waals surface area (Å²) in [6.45, 7) is 3.23. The van der Waals surface area contributed by atoms with Gasteiger partial charge in [-0.2, -0.15) is 0 Å². The van der Waals surface area contributed by atoms with Crippen LogP contribution in [-0.2, 0) is 62.1 Å². The molecule has 1 aliphatic rings. The van der Waals surface area contributed by atoms with Crippen LogP contribution < -0.4 is 10.6 Å². The number of ketones is 1. The van der Waals surface area contributed by atoms with Crippen molar-refractivity contribution in [2.75, 3.05) is 59.9 Å². The first-order valence-electron chi connectivity index (χ1n) is 21.7. The molecule has 1 heterocycles. The minimum Gasteiger partial charge on any atom is -0.481 e. The Labute approximate surface area is 355 Å². The summed E-state index contributed by atoms with van der Waals surface area (Å²) in [5, 5.41) is 23.5. The minimum atomic E-state index is -1.08. The first kappa shape index (κ1) is 56.0. The van der Waals surface area contributed by atoms with Gasteiger partial charge in [-0.1, -0.05) is 90.4 Å². The van der Waals surface area contributed by atoms with Gasteiger partial charge in [0.15, 0.2) is 0 Å². The van der Waals surface area contributed by atoms with Gasteiger partial charge < -0.3 is 44.6 Å². The number of carboxylic acids is 2. The molecule has 1 aliphatic heterocycles. The Morgan fingerprint density at radius 3 is 1.67 bits per heavy atom. The highest BCUT2D eigenvalue weighted by molar-refractivity contribution is 6.01. The lowest BCUT2D eigenvalue weighted by molar-refractivity contribution is -0.200. The van der Waals surface area contributed by atoms with Gasteiger partial charge in [-0.15, -0.1) is 5.06 Å². The number of carbonyl (C=O) groups is 8. The molecule has 4 N–H and O–H groups in total. The van der Waals surface area contributed by atoms with Crippen LogP contribution in [0, 0.1) is 0 Å². The van der Waals surface area contributed by atoms with Gasteiger partial charge in [0.05, 0.1) is 33.0 Å². The Morgan fingerprint density at radius 1 is 0.617 bits per heavy atom. The number of carbonyl (C=O) groups excluding carboxylic acids is 6. The van der Waals surface area contributed by atoms with Gasteiger partial charge in [0.25, 0.3) is 11.8 Å². The number of nitrogens with one attached hydrogen (secondary N) is 2. The van der Waals surface area contributed by atoms with Crippen LogP contribution in [0.2, 0.25) is 0 Å². The molecule has 346 valence electrons. The lowest BCUT2D eigenvalue weighted by Gasteiger charge is -2.14. The summed E-state index contributed by atoms with van der Waals surface area (Å²) in [6.07, 6.45) is 19.0.